The number of aromatic nitrogens is 2. The van der Waals surface area contributed by atoms with Gasteiger partial charge in [0.1, 0.15) is 5.69 Å². The van der Waals surface area contributed by atoms with Crippen LogP contribution in [0.1, 0.15) is 35.4 Å². The van der Waals surface area contributed by atoms with E-state index in [1.807, 2.05) is 24.9 Å². The molecule has 1 aromatic rings. The number of carbonyl (C=O) groups excluding carboxylic acids is 1. The summed E-state index contributed by atoms with van der Waals surface area (Å²) < 4.78 is 7.53. The van der Waals surface area contributed by atoms with Crippen molar-refractivity contribution >= 4 is 5.91 Å². The molecule has 0 radical (unpaired) electrons. The largest absolute Gasteiger partial charge is 0.376 e. The van der Waals surface area contributed by atoms with Gasteiger partial charge in [-0.25, -0.2) is 0 Å². The Morgan fingerprint density at radius 3 is 2.89 bits per heavy atom. The van der Waals surface area contributed by atoms with Crippen LogP contribution in [0.25, 0.3) is 0 Å². The van der Waals surface area contributed by atoms with Gasteiger partial charge in [-0.05, 0) is 38.2 Å². The van der Waals surface area contributed by atoms with Crippen LogP contribution in [0, 0.1) is 12.8 Å². The van der Waals surface area contributed by atoms with E-state index in [2.05, 4.69) is 5.10 Å². The second-order valence-electron chi connectivity index (χ2n) is 5.73. The van der Waals surface area contributed by atoms with Gasteiger partial charge in [0.25, 0.3) is 5.91 Å². The van der Waals surface area contributed by atoms with Crippen molar-refractivity contribution in [3.63, 3.8) is 0 Å². The smallest absolute Gasteiger partial charge is 0.272 e. The molecule has 2 aliphatic rings. The van der Waals surface area contributed by atoms with E-state index < -0.39 is 0 Å². The van der Waals surface area contributed by atoms with Gasteiger partial charge >= 0.3 is 0 Å². The summed E-state index contributed by atoms with van der Waals surface area (Å²) >= 11 is 0. The fourth-order valence-corrected chi connectivity index (χ4v) is 2.58. The number of likely N-dealkylation sites (tertiary alicyclic amines) is 1. The normalized spacial score (nSPS) is 23.1. The van der Waals surface area contributed by atoms with Gasteiger partial charge in [-0.1, -0.05) is 0 Å². The van der Waals surface area contributed by atoms with Crippen LogP contribution < -0.4 is 0 Å². The highest BCUT2D eigenvalue weighted by atomic mass is 16.5. The summed E-state index contributed by atoms with van der Waals surface area (Å²) in [5, 5.41) is 4.23. The van der Waals surface area contributed by atoms with E-state index in [4.69, 9.17) is 4.74 Å². The molecular weight excluding hydrogens is 242 g/mol. The Morgan fingerprint density at radius 2 is 2.26 bits per heavy atom. The number of aryl methyl sites for hydroxylation is 2. The van der Waals surface area contributed by atoms with Gasteiger partial charge in [-0.3, -0.25) is 9.48 Å². The molecule has 1 aliphatic heterocycles. The van der Waals surface area contributed by atoms with Crippen molar-refractivity contribution in [2.75, 3.05) is 19.7 Å². The molecule has 19 heavy (non-hydrogen) atoms. The molecule has 1 aliphatic carbocycles. The highest BCUT2D eigenvalue weighted by molar-refractivity contribution is 5.92. The van der Waals surface area contributed by atoms with Crippen LogP contribution in [0.3, 0.4) is 0 Å². The summed E-state index contributed by atoms with van der Waals surface area (Å²) in [4.78, 5) is 14.3. The van der Waals surface area contributed by atoms with Gasteiger partial charge in [0.15, 0.2) is 0 Å². The maximum atomic E-state index is 12.4. The first-order valence-electron chi connectivity index (χ1n) is 7.05. The first-order valence-corrected chi connectivity index (χ1v) is 7.05. The van der Waals surface area contributed by atoms with Gasteiger partial charge in [-0.2, -0.15) is 5.10 Å². The Hall–Kier alpha value is -1.36. The van der Waals surface area contributed by atoms with Crippen LogP contribution in [0.2, 0.25) is 0 Å². The summed E-state index contributed by atoms with van der Waals surface area (Å²) in [6, 6.07) is 1.85. The average molecular weight is 263 g/mol. The maximum absolute atomic E-state index is 12.4. The lowest BCUT2D eigenvalue weighted by Gasteiger charge is -2.16. The molecule has 5 heteroatoms. The zero-order valence-electron chi connectivity index (χ0n) is 11.6. The van der Waals surface area contributed by atoms with Crippen LogP contribution in [0.5, 0.6) is 0 Å². The Bertz CT molecular complexity index is 479. The zero-order valence-corrected chi connectivity index (χ0v) is 11.6. The number of rotatable bonds is 4. The van der Waals surface area contributed by atoms with Crippen LogP contribution in [-0.4, -0.2) is 46.4 Å². The van der Waals surface area contributed by atoms with Gasteiger partial charge in [0.2, 0.25) is 0 Å². The number of amides is 1. The number of hydrogen-bond donors (Lipinski definition) is 0. The molecule has 1 atom stereocenters. The van der Waals surface area contributed by atoms with Crippen LogP contribution >= 0.6 is 0 Å². The van der Waals surface area contributed by atoms with Crippen molar-refractivity contribution in [2.45, 2.75) is 32.3 Å². The SMILES string of the molecule is Cc1cc(C(=O)N2CCC(OCC3CC3)C2)n(C)n1. The van der Waals surface area contributed by atoms with E-state index in [0.29, 0.717) is 5.69 Å². The van der Waals surface area contributed by atoms with Crippen molar-refractivity contribution in [1.82, 2.24) is 14.7 Å². The standard InChI is InChI=1S/C14H21N3O2/c1-10-7-13(16(2)15-10)14(18)17-6-5-12(8-17)19-9-11-3-4-11/h7,11-12H,3-6,8-9H2,1-2H3. The van der Waals surface area contributed by atoms with Crippen molar-refractivity contribution in [3.05, 3.63) is 17.5 Å². The Labute approximate surface area is 113 Å². The molecular formula is C14H21N3O2. The summed E-state index contributed by atoms with van der Waals surface area (Å²) in [5.41, 5.74) is 1.55. The van der Waals surface area contributed by atoms with Gasteiger partial charge in [0, 0.05) is 26.7 Å². The van der Waals surface area contributed by atoms with Crippen molar-refractivity contribution in [1.29, 1.82) is 0 Å². The number of carbonyl (C=O) groups is 1. The Kier molecular flexibility index (Phi) is 3.31. The number of hydrogen-bond acceptors (Lipinski definition) is 3. The van der Waals surface area contributed by atoms with E-state index in [1.54, 1.807) is 4.68 Å². The molecule has 0 bridgehead atoms. The van der Waals surface area contributed by atoms with Crippen LogP contribution in [-0.2, 0) is 11.8 Å². The predicted octanol–water partition coefficient (Wildman–Crippen LogP) is 1.37. The molecule has 0 N–H and O–H groups in total. The maximum Gasteiger partial charge on any atom is 0.272 e. The monoisotopic (exact) mass is 263 g/mol. The highest BCUT2D eigenvalue weighted by Crippen LogP contribution is 2.30. The first kappa shape index (κ1) is 12.7. The van der Waals surface area contributed by atoms with Crippen molar-refractivity contribution in [2.24, 2.45) is 13.0 Å². The van der Waals surface area contributed by atoms with Crippen molar-refractivity contribution < 1.29 is 9.53 Å². The Morgan fingerprint density at radius 1 is 1.47 bits per heavy atom. The summed E-state index contributed by atoms with van der Waals surface area (Å²) in [6.45, 7) is 4.29. The van der Waals surface area contributed by atoms with Gasteiger partial charge in [-0.15, -0.1) is 0 Å². The summed E-state index contributed by atoms with van der Waals surface area (Å²) in [7, 11) is 1.82. The molecule has 1 saturated heterocycles. The minimum Gasteiger partial charge on any atom is -0.376 e. The fraction of sp³-hybridized carbons (Fsp3) is 0.714. The third-order valence-electron chi connectivity index (χ3n) is 3.92. The van der Waals surface area contributed by atoms with E-state index in [1.165, 1.54) is 12.8 Å². The lowest BCUT2D eigenvalue weighted by atomic mass is 10.3. The molecule has 104 valence electrons. The third kappa shape index (κ3) is 2.81. The molecule has 1 saturated carbocycles. The molecule has 0 spiro atoms. The van der Waals surface area contributed by atoms with Gasteiger partial charge in [0.05, 0.1) is 11.8 Å². The molecule has 3 rings (SSSR count). The molecule has 5 nitrogen and oxygen atoms in total. The molecule has 1 amide bonds. The Balaban J connectivity index is 1.57. The summed E-state index contributed by atoms with van der Waals surface area (Å²) in [5.74, 6) is 0.852. The number of nitrogens with zero attached hydrogens (tertiary/aromatic N) is 3. The van der Waals surface area contributed by atoms with Crippen LogP contribution in [0.4, 0.5) is 0 Å². The zero-order chi connectivity index (χ0) is 13.4. The molecule has 1 unspecified atom stereocenters. The van der Waals surface area contributed by atoms with E-state index in [-0.39, 0.29) is 12.0 Å². The van der Waals surface area contributed by atoms with E-state index in [0.717, 1.165) is 37.7 Å². The number of ether oxygens (including phenoxy) is 1. The highest BCUT2D eigenvalue weighted by Gasteiger charge is 2.30. The predicted molar refractivity (Wildman–Crippen MR) is 70.9 cm³/mol. The molecule has 2 heterocycles. The van der Waals surface area contributed by atoms with Crippen molar-refractivity contribution in [3.8, 4) is 0 Å². The molecule has 0 aromatic carbocycles. The first-order chi connectivity index (χ1) is 9.13. The van der Waals surface area contributed by atoms with Crippen LogP contribution in [0.15, 0.2) is 6.07 Å². The summed E-state index contributed by atoms with van der Waals surface area (Å²) in [6.07, 6.45) is 3.79. The topological polar surface area (TPSA) is 47.4 Å². The molecule has 1 aromatic heterocycles. The fourth-order valence-electron chi connectivity index (χ4n) is 2.58. The lowest BCUT2D eigenvalue weighted by molar-refractivity contribution is 0.0477. The quantitative estimate of drug-likeness (QED) is 0.824. The second kappa shape index (κ2) is 4.96. The molecule has 2 fully saturated rings. The second-order valence-corrected chi connectivity index (χ2v) is 5.73. The van der Waals surface area contributed by atoms with E-state index >= 15 is 0 Å². The minimum atomic E-state index is 0.0700. The van der Waals surface area contributed by atoms with E-state index in [9.17, 15) is 4.79 Å². The average Bonchev–Trinajstić information content (AvgIpc) is 2.98. The minimum absolute atomic E-state index is 0.0700. The third-order valence-corrected chi connectivity index (χ3v) is 3.92. The van der Waals surface area contributed by atoms with Gasteiger partial charge < -0.3 is 9.64 Å². The lowest BCUT2D eigenvalue weighted by Crippen LogP contribution is -2.31.